The highest BCUT2D eigenvalue weighted by atomic mass is 35.5. The molecule has 0 aliphatic heterocycles. The van der Waals surface area contributed by atoms with Gasteiger partial charge in [0, 0.05) is 18.1 Å². The summed E-state index contributed by atoms with van der Waals surface area (Å²) in [5.74, 6) is 0.672. The maximum Gasteiger partial charge on any atom is 0.119 e. The Morgan fingerprint density at radius 1 is 1.31 bits per heavy atom. The fourth-order valence-corrected chi connectivity index (χ4v) is 1.26. The highest BCUT2D eigenvalue weighted by Crippen LogP contribution is 2.15. The minimum atomic E-state index is -0.595. The molecule has 0 heterocycles. The molecule has 0 saturated carbocycles. The van der Waals surface area contributed by atoms with Gasteiger partial charge in [0.1, 0.15) is 18.5 Å². The van der Waals surface area contributed by atoms with Crippen molar-refractivity contribution < 1.29 is 14.9 Å². The molecule has 0 aromatic heterocycles. The molecule has 0 spiro atoms. The van der Waals surface area contributed by atoms with Gasteiger partial charge in [-0.15, -0.1) is 0 Å². The van der Waals surface area contributed by atoms with E-state index >= 15 is 0 Å². The molecule has 0 aliphatic carbocycles. The Kier molecular flexibility index (Phi) is 6.18. The van der Waals surface area contributed by atoms with Gasteiger partial charge in [0.05, 0.1) is 6.61 Å². The SMILES string of the molecule is OCCNCC(O)COc1ccc(Cl)cc1. The summed E-state index contributed by atoms with van der Waals surface area (Å²) in [6, 6.07) is 6.95. The van der Waals surface area contributed by atoms with Crippen molar-refractivity contribution >= 4 is 11.6 Å². The maximum absolute atomic E-state index is 9.50. The summed E-state index contributed by atoms with van der Waals surface area (Å²) in [6.07, 6.45) is -0.595. The first-order chi connectivity index (χ1) is 7.72. The molecule has 90 valence electrons. The summed E-state index contributed by atoms with van der Waals surface area (Å²) in [4.78, 5) is 0. The summed E-state index contributed by atoms with van der Waals surface area (Å²) >= 11 is 5.72. The minimum absolute atomic E-state index is 0.0603. The number of halogens is 1. The molecule has 0 bridgehead atoms. The van der Waals surface area contributed by atoms with Gasteiger partial charge in [0.25, 0.3) is 0 Å². The standard InChI is InChI=1S/C11H16ClNO3/c12-9-1-3-11(4-2-9)16-8-10(15)7-13-5-6-14/h1-4,10,13-15H,5-8H2. The summed E-state index contributed by atoms with van der Waals surface area (Å²) in [6.45, 7) is 1.14. The second-order valence-electron chi connectivity index (χ2n) is 3.35. The molecule has 0 aliphatic rings. The van der Waals surface area contributed by atoms with Crippen LogP contribution >= 0.6 is 11.6 Å². The monoisotopic (exact) mass is 245 g/mol. The van der Waals surface area contributed by atoms with Gasteiger partial charge in [-0.05, 0) is 24.3 Å². The molecule has 1 aromatic carbocycles. The van der Waals surface area contributed by atoms with Gasteiger partial charge in [-0.1, -0.05) is 11.6 Å². The van der Waals surface area contributed by atoms with Crippen LogP contribution in [0.2, 0.25) is 5.02 Å². The molecule has 3 N–H and O–H groups in total. The molecule has 0 fully saturated rings. The van der Waals surface area contributed by atoms with Crippen LogP contribution in [0, 0.1) is 0 Å². The Balaban J connectivity index is 2.20. The Labute approximate surface area is 99.8 Å². The van der Waals surface area contributed by atoms with Crippen molar-refractivity contribution in [3.63, 3.8) is 0 Å². The molecule has 5 heteroatoms. The number of ether oxygens (including phenoxy) is 1. The van der Waals surface area contributed by atoms with Crippen LogP contribution in [0.25, 0.3) is 0 Å². The third kappa shape index (κ3) is 5.32. The second-order valence-corrected chi connectivity index (χ2v) is 3.78. The van der Waals surface area contributed by atoms with Crippen LogP contribution < -0.4 is 10.1 Å². The van der Waals surface area contributed by atoms with Crippen LogP contribution in [-0.2, 0) is 0 Å². The zero-order chi connectivity index (χ0) is 11.8. The van der Waals surface area contributed by atoms with Crippen LogP contribution in [0.1, 0.15) is 0 Å². The van der Waals surface area contributed by atoms with E-state index in [0.29, 0.717) is 23.9 Å². The van der Waals surface area contributed by atoms with Gasteiger partial charge in [0.15, 0.2) is 0 Å². The van der Waals surface area contributed by atoms with Crippen LogP contribution in [0.3, 0.4) is 0 Å². The van der Waals surface area contributed by atoms with Gasteiger partial charge < -0.3 is 20.3 Å². The Morgan fingerprint density at radius 3 is 2.62 bits per heavy atom. The quantitative estimate of drug-likeness (QED) is 0.618. The van der Waals surface area contributed by atoms with Crippen LogP contribution in [-0.4, -0.2) is 42.6 Å². The number of hydrogen-bond acceptors (Lipinski definition) is 4. The molecular formula is C11H16ClNO3. The fourth-order valence-electron chi connectivity index (χ4n) is 1.13. The van der Waals surface area contributed by atoms with Crippen LogP contribution in [0.15, 0.2) is 24.3 Å². The largest absolute Gasteiger partial charge is 0.491 e. The number of benzene rings is 1. The van der Waals surface area contributed by atoms with E-state index in [0.717, 1.165) is 0 Å². The summed E-state index contributed by atoms with van der Waals surface area (Å²) in [5.41, 5.74) is 0. The summed E-state index contributed by atoms with van der Waals surface area (Å²) < 4.78 is 5.34. The number of hydrogen-bond donors (Lipinski definition) is 3. The first-order valence-corrected chi connectivity index (χ1v) is 5.48. The smallest absolute Gasteiger partial charge is 0.119 e. The van der Waals surface area contributed by atoms with Crippen molar-refractivity contribution in [2.24, 2.45) is 0 Å². The van der Waals surface area contributed by atoms with E-state index in [2.05, 4.69) is 5.32 Å². The van der Waals surface area contributed by atoms with Crippen LogP contribution in [0.4, 0.5) is 0 Å². The molecule has 4 nitrogen and oxygen atoms in total. The lowest BCUT2D eigenvalue weighted by Gasteiger charge is -2.12. The van der Waals surface area contributed by atoms with E-state index in [1.165, 1.54) is 0 Å². The van der Waals surface area contributed by atoms with Crippen molar-refractivity contribution in [2.75, 3.05) is 26.3 Å². The van der Waals surface area contributed by atoms with Crippen LogP contribution in [0.5, 0.6) is 5.75 Å². The predicted octanol–water partition coefficient (Wildman–Crippen LogP) is 0.662. The van der Waals surface area contributed by atoms with Crippen molar-refractivity contribution in [1.82, 2.24) is 5.32 Å². The predicted molar refractivity (Wildman–Crippen MR) is 62.9 cm³/mol. The number of aliphatic hydroxyl groups is 2. The van der Waals surface area contributed by atoms with E-state index < -0.39 is 6.10 Å². The Hall–Kier alpha value is -0.810. The molecule has 16 heavy (non-hydrogen) atoms. The lowest BCUT2D eigenvalue weighted by molar-refractivity contribution is 0.105. The van der Waals surface area contributed by atoms with Crippen molar-refractivity contribution in [2.45, 2.75) is 6.10 Å². The third-order valence-corrected chi connectivity index (χ3v) is 2.18. The lowest BCUT2D eigenvalue weighted by atomic mass is 10.3. The number of nitrogens with one attached hydrogen (secondary N) is 1. The highest BCUT2D eigenvalue weighted by Gasteiger charge is 2.04. The van der Waals surface area contributed by atoms with Crippen molar-refractivity contribution in [1.29, 1.82) is 0 Å². The molecule has 0 saturated heterocycles. The van der Waals surface area contributed by atoms with E-state index in [9.17, 15) is 5.11 Å². The molecule has 1 unspecified atom stereocenters. The average molecular weight is 246 g/mol. The lowest BCUT2D eigenvalue weighted by Crippen LogP contribution is -2.32. The second kappa shape index (κ2) is 7.46. The van der Waals surface area contributed by atoms with Gasteiger partial charge in [-0.3, -0.25) is 0 Å². The van der Waals surface area contributed by atoms with E-state index in [4.69, 9.17) is 21.4 Å². The molecule has 1 atom stereocenters. The molecule has 1 aromatic rings. The van der Waals surface area contributed by atoms with E-state index in [1.807, 2.05) is 0 Å². The maximum atomic E-state index is 9.50. The third-order valence-electron chi connectivity index (χ3n) is 1.92. The summed E-state index contributed by atoms with van der Waals surface area (Å²) in [7, 11) is 0. The van der Waals surface area contributed by atoms with E-state index in [1.54, 1.807) is 24.3 Å². The molecular weight excluding hydrogens is 230 g/mol. The first kappa shape index (κ1) is 13.3. The minimum Gasteiger partial charge on any atom is -0.491 e. The summed E-state index contributed by atoms with van der Waals surface area (Å²) in [5, 5.41) is 21.6. The molecule has 0 amide bonds. The van der Waals surface area contributed by atoms with Crippen molar-refractivity contribution in [3.8, 4) is 5.75 Å². The average Bonchev–Trinajstić information content (AvgIpc) is 2.29. The Morgan fingerprint density at radius 2 is 2.00 bits per heavy atom. The zero-order valence-electron chi connectivity index (χ0n) is 8.90. The Bertz CT molecular complexity index is 292. The van der Waals surface area contributed by atoms with E-state index in [-0.39, 0.29) is 13.2 Å². The van der Waals surface area contributed by atoms with Gasteiger partial charge >= 0.3 is 0 Å². The first-order valence-electron chi connectivity index (χ1n) is 5.10. The zero-order valence-corrected chi connectivity index (χ0v) is 9.65. The number of rotatable bonds is 7. The van der Waals surface area contributed by atoms with Gasteiger partial charge in [-0.2, -0.15) is 0 Å². The topological polar surface area (TPSA) is 61.7 Å². The highest BCUT2D eigenvalue weighted by molar-refractivity contribution is 6.30. The molecule has 0 radical (unpaired) electrons. The molecule has 1 rings (SSSR count). The van der Waals surface area contributed by atoms with Gasteiger partial charge in [0.2, 0.25) is 0 Å². The van der Waals surface area contributed by atoms with Crippen molar-refractivity contribution in [3.05, 3.63) is 29.3 Å². The number of aliphatic hydroxyl groups excluding tert-OH is 2. The fraction of sp³-hybridized carbons (Fsp3) is 0.455. The normalized spacial score (nSPS) is 12.4. The van der Waals surface area contributed by atoms with Gasteiger partial charge in [-0.25, -0.2) is 0 Å².